The summed E-state index contributed by atoms with van der Waals surface area (Å²) in [4.78, 5) is 1.29. The Morgan fingerprint density at radius 3 is 2.45 bits per heavy atom. The Hall–Kier alpha value is -2.05. The molecule has 0 bridgehead atoms. The minimum absolute atomic E-state index is 0.396. The summed E-state index contributed by atoms with van der Waals surface area (Å²) in [6, 6.07) is 12.5. The number of ether oxygens (including phenoxy) is 1. The van der Waals surface area contributed by atoms with Crippen LogP contribution in [0.1, 0.15) is 25.0 Å². The summed E-state index contributed by atoms with van der Waals surface area (Å²) in [6.45, 7) is 6.42. The molecule has 1 heterocycles. The predicted octanol–water partition coefficient (Wildman–Crippen LogP) is 5.01. The van der Waals surface area contributed by atoms with E-state index in [0.717, 1.165) is 11.1 Å². The van der Waals surface area contributed by atoms with Gasteiger partial charge in [-0.1, -0.05) is 24.3 Å². The first kappa shape index (κ1) is 14.4. The fraction of sp³-hybridized carbons (Fsp3) is 0.235. The van der Waals surface area contributed by atoms with Crippen molar-refractivity contribution in [3.8, 4) is 16.5 Å². The van der Waals surface area contributed by atoms with Crippen LogP contribution in [-0.2, 0) is 4.74 Å². The summed E-state index contributed by atoms with van der Waals surface area (Å²) < 4.78 is 5.35. The van der Waals surface area contributed by atoms with Gasteiger partial charge in [0.25, 0.3) is 0 Å². The van der Waals surface area contributed by atoms with E-state index in [4.69, 9.17) is 10.00 Å². The van der Waals surface area contributed by atoms with Crippen LogP contribution in [0.3, 0.4) is 0 Å². The van der Waals surface area contributed by atoms with E-state index in [1.54, 1.807) is 11.3 Å². The summed E-state index contributed by atoms with van der Waals surface area (Å²) in [5.74, 6) is 0.396. The number of hydrogen-bond donors (Lipinski definition) is 0. The molecule has 0 aliphatic carbocycles. The third-order valence-electron chi connectivity index (χ3n) is 3.17. The van der Waals surface area contributed by atoms with Crippen LogP contribution >= 0.6 is 11.3 Å². The quantitative estimate of drug-likeness (QED) is 0.583. The number of nitriles is 1. The van der Waals surface area contributed by atoms with Gasteiger partial charge in [0.05, 0.1) is 6.61 Å². The van der Waals surface area contributed by atoms with Crippen LogP contribution in [0.5, 0.6) is 0 Å². The van der Waals surface area contributed by atoms with Crippen molar-refractivity contribution in [2.75, 3.05) is 6.61 Å². The topological polar surface area (TPSA) is 33.0 Å². The molecule has 102 valence electrons. The van der Waals surface area contributed by atoms with Crippen molar-refractivity contribution in [1.82, 2.24) is 0 Å². The predicted molar refractivity (Wildman–Crippen MR) is 84.3 cm³/mol. The molecule has 1 aromatic carbocycles. The van der Waals surface area contributed by atoms with Crippen LogP contribution in [0.4, 0.5) is 0 Å². The summed E-state index contributed by atoms with van der Waals surface area (Å²) in [7, 11) is 0. The van der Waals surface area contributed by atoms with Gasteiger partial charge in [-0.2, -0.15) is 5.26 Å². The minimum Gasteiger partial charge on any atom is -0.484 e. The third kappa shape index (κ3) is 2.92. The van der Waals surface area contributed by atoms with E-state index in [9.17, 15) is 0 Å². The zero-order valence-corrected chi connectivity index (χ0v) is 12.8. The lowest BCUT2D eigenvalue weighted by Crippen LogP contribution is -1.93. The molecular formula is C17H17NOS. The van der Waals surface area contributed by atoms with Crippen molar-refractivity contribution in [1.29, 1.82) is 5.26 Å². The molecule has 3 heteroatoms. The van der Waals surface area contributed by atoms with E-state index >= 15 is 0 Å². The Balaban J connectivity index is 2.34. The Labute approximate surface area is 123 Å². The molecule has 0 N–H and O–H groups in total. The van der Waals surface area contributed by atoms with Gasteiger partial charge in [-0.15, -0.1) is 11.3 Å². The molecule has 0 amide bonds. The largest absolute Gasteiger partial charge is 0.484 e. The van der Waals surface area contributed by atoms with Crippen LogP contribution in [0.2, 0.25) is 0 Å². The molecule has 0 unspecified atom stereocenters. The standard InChI is InChI=1S/C17H17NOS/c1-4-19-16(11-18)13(3)14-5-7-15(8-6-14)17-12(2)9-10-20-17/h5-10H,4H2,1-3H3/b16-13-. The third-order valence-corrected chi connectivity index (χ3v) is 4.24. The molecule has 2 aromatic rings. The van der Waals surface area contributed by atoms with Gasteiger partial charge in [-0.05, 0) is 48.9 Å². The van der Waals surface area contributed by atoms with E-state index in [0.29, 0.717) is 12.4 Å². The van der Waals surface area contributed by atoms with Gasteiger partial charge >= 0.3 is 0 Å². The number of allylic oxidation sites excluding steroid dienone is 2. The van der Waals surface area contributed by atoms with E-state index in [1.807, 2.05) is 26.0 Å². The second-order valence-electron chi connectivity index (χ2n) is 4.51. The van der Waals surface area contributed by atoms with Crippen molar-refractivity contribution in [3.05, 3.63) is 52.6 Å². The lowest BCUT2D eigenvalue weighted by molar-refractivity contribution is 0.247. The highest BCUT2D eigenvalue weighted by atomic mass is 32.1. The molecule has 20 heavy (non-hydrogen) atoms. The molecule has 0 atom stereocenters. The molecule has 0 saturated heterocycles. The number of aryl methyl sites for hydroxylation is 1. The van der Waals surface area contributed by atoms with Gasteiger partial charge in [-0.25, -0.2) is 0 Å². The second-order valence-corrected chi connectivity index (χ2v) is 5.43. The van der Waals surface area contributed by atoms with Gasteiger partial charge in [0.1, 0.15) is 6.07 Å². The molecule has 0 radical (unpaired) electrons. The molecule has 0 spiro atoms. The van der Waals surface area contributed by atoms with E-state index in [1.165, 1.54) is 16.0 Å². The monoisotopic (exact) mass is 283 g/mol. The maximum Gasteiger partial charge on any atom is 0.200 e. The zero-order valence-electron chi connectivity index (χ0n) is 11.9. The normalized spacial score (nSPS) is 11.7. The molecule has 0 aliphatic heterocycles. The van der Waals surface area contributed by atoms with Crippen LogP contribution in [-0.4, -0.2) is 6.61 Å². The SMILES string of the molecule is CCO/C(C#N)=C(/C)c1ccc(-c2sccc2C)cc1. The number of rotatable bonds is 4. The van der Waals surface area contributed by atoms with Gasteiger partial charge < -0.3 is 4.74 Å². The number of benzene rings is 1. The number of thiophene rings is 1. The van der Waals surface area contributed by atoms with Crippen LogP contribution in [0.25, 0.3) is 16.0 Å². The van der Waals surface area contributed by atoms with E-state index < -0.39 is 0 Å². The Morgan fingerprint density at radius 2 is 1.95 bits per heavy atom. The number of nitrogens with zero attached hydrogens (tertiary/aromatic N) is 1. The highest BCUT2D eigenvalue weighted by Gasteiger charge is 2.07. The second kappa shape index (κ2) is 6.40. The first-order valence-electron chi connectivity index (χ1n) is 6.56. The summed E-state index contributed by atoms with van der Waals surface area (Å²) in [5, 5.41) is 11.2. The van der Waals surface area contributed by atoms with Crippen molar-refractivity contribution >= 4 is 16.9 Å². The highest BCUT2D eigenvalue weighted by Crippen LogP contribution is 2.30. The molecule has 0 saturated carbocycles. The van der Waals surface area contributed by atoms with Crippen molar-refractivity contribution in [2.45, 2.75) is 20.8 Å². The minimum atomic E-state index is 0.396. The molecule has 2 nitrogen and oxygen atoms in total. The van der Waals surface area contributed by atoms with Crippen LogP contribution in [0, 0.1) is 18.3 Å². The smallest absolute Gasteiger partial charge is 0.200 e. The maximum absolute atomic E-state index is 9.10. The van der Waals surface area contributed by atoms with Gasteiger partial charge in [0.2, 0.25) is 5.76 Å². The lowest BCUT2D eigenvalue weighted by atomic mass is 10.0. The fourth-order valence-electron chi connectivity index (χ4n) is 2.04. The van der Waals surface area contributed by atoms with Crippen molar-refractivity contribution in [2.24, 2.45) is 0 Å². The molecule has 0 aliphatic rings. The summed E-state index contributed by atoms with van der Waals surface area (Å²) in [5.41, 5.74) is 4.41. The van der Waals surface area contributed by atoms with Gasteiger partial charge in [0, 0.05) is 10.5 Å². The van der Waals surface area contributed by atoms with Crippen LogP contribution in [0.15, 0.2) is 41.5 Å². The molecule has 0 fully saturated rings. The average Bonchev–Trinajstić information content (AvgIpc) is 2.90. The number of hydrogen-bond acceptors (Lipinski definition) is 3. The zero-order chi connectivity index (χ0) is 14.5. The first-order chi connectivity index (χ1) is 9.67. The van der Waals surface area contributed by atoms with Gasteiger partial charge in [-0.3, -0.25) is 0 Å². The summed E-state index contributed by atoms with van der Waals surface area (Å²) in [6.07, 6.45) is 0. The fourth-order valence-corrected chi connectivity index (χ4v) is 2.97. The Bertz CT molecular complexity index is 659. The van der Waals surface area contributed by atoms with Crippen LogP contribution < -0.4 is 0 Å². The molecule has 1 aromatic heterocycles. The Kier molecular flexibility index (Phi) is 4.60. The van der Waals surface area contributed by atoms with Crippen molar-refractivity contribution < 1.29 is 4.74 Å². The molecular weight excluding hydrogens is 266 g/mol. The average molecular weight is 283 g/mol. The Morgan fingerprint density at radius 1 is 1.25 bits per heavy atom. The molecule has 2 rings (SSSR count). The maximum atomic E-state index is 9.10. The first-order valence-corrected chi connectivity index (χ1v) is 7.44. The highest BCUT2D eigenvalue weighted by molar-refractivity contribution is 7.13. The van der Waals surface area contributed by atoms with Crippen molar-refractivity contribution in [3.63, 3.8) is 0 Å². The lowest BCUT2D eigenvalue weighted by Gasteiger charge is -2.07. The van der Waals surface area contributed by atoms with E-state index in [2.05, 4.69) is 36.6 Å². The van der Waals surface area contributed by atoms with Gasteiger partial charge in [0.15, 0.2) is 0 Å². The summed E-state index contributed by atoms with van der Waals surface area (Å²) >= 11 is 1.75. The van der Waals surface area contributed by atoms with E-state index in [-0.39, 0.29) is 0 Å².